The Morgan fingerprint density at radius 3 is 2.89 bits per heavy atom. The third-order valence-corrected chi connectivity index (χ3v) is 5.29. The maximum absolute atomic E-state index is 13.1. The number of H-pyrrole nitrogens is 1. The summed E-state index contributed by atoms with van der Waals surface area (Å²) >= 11 is 6.06. The third-order valence-electron chi connectivity index (χ3n) is 5.06. The van der Waals surface area contributed by atoms with Crippen LogP contribution in [0.4, 0.5) is 0 Å². The van der Waals surface area contributed by atoms with Crippen LogP contribution in [0.3, 0.4) is 0 Å². The van der Waals surface area contributed by atoms with Crippen molar-refractivity contribution in [3.63, 3.8) is 0 Å². The molecule has 4 aromatic rings. The lowest BCUT2D eigenvalue weighted by molar-refractivity contribution is -0.125. The molecule has 2 aromatic carbocycles. The number of carbonyl (C=O) groups excluding carboxylic acids is 1. The molecule has 6 nitrogen and oxygen atoms in total. The zero-order chi connectivity index (χ0) is 18.5. The normalized spacial score (nSPS) is 16.5. The fourth-order valence-electron chi connectivity index (χ4n) is 3.76. The van der Waals surface area contributed by atoms with Gasteiger partial charge in [0.15, 0.2) is 0 Å². The molecule has 0 aliphatic carbocycles. The highest BCUT2D eigenvalue weighted by Crippen LogP contribution is 2.25. The van der Waals surface area contributed by atoms with Crippen molar-refractivity contribution < 1.29 is 4.79 Å². The summed E-state index contributed by atoms with van der Waals surface area (Å²) in [6, 6.07) is 12.3. The molecule has 1 atom stereocenters. The third kappa shape index (κ3) is 2.52. The molecule has 1 aliphatic rings. The minimum Gasteiger partial charge on any atom is -0.361 e. The fraction of sp³-hybridized carbons (Fsp3) is 0.150. The summed E-state index contributed by atoms with van der Waals surface area (Å²) in [5, 5.41) is 4.79. The van der Waals surface area contributed by atoms with Crippen molar-refractivity contribution in [2.45, 2.75) is 19.0 Å². The summed E-state index contributed by atoms with van der Waals surface area (Å²) in [5.74, 6) is 0.373. The lowest BCUT2D eigenvalue weighted by Gasteiger charge is -2.27. The molecule has 0 saturated carbocycles. The molecule has 0 saturated heterocycles. The van der Waals surface area contributed by atoms with Crippen LogP contribution in [0.15, 0.2) is 53.5 Å². The Balaban J connectivity index is 1.68. The summed E-state index contributed by atoms with van der Waals surface area (Å²) < 4.78 is 1.51. The SMILES string of the molecule is O=C1NCc2nc3ccc(Cl)cc3c(=O)n2C1Cc1c[nH]c2ccccc12. The van der Waals surface area contributed by atoms with Crippen LogP contribution in [0.2, 0.25) is 5.02 Å². The standard InChI is InChI=1S/C20H15ClN4O2/c21-12-5-6-16-14(8-12)20(27)25-17(19(26)23-10-18(25)24-16)7-11-9-22-15-4-2-1-3-13(11)15/h1-6,8-9,17,22H,7,10H2,(H,23,26). The highest BCUT2D eigenvalue weighted by Gasteiger charge is 2.30. The van der Waals surface area contributed by atoms with Gasteiger partial charge in [-0.15, -0.1) is 0 Å². The largest absolute Gasteiger partial charge is 0.361 e. The van der Waals surface area contributed by atoms with E-state index in [1.54, 1.807) is 18.2 Å². The maximum atomic E-state index is 13.1. The fourth-order valence-corrected chi connectivity index (χ4v) is 3.93. The van der Waals surface area contributed by atoms with Crippen LogP contribution in [0.25, 0.3) is 21.8 Å². The topological polar surface area (TPSA) is 79.8 Å². The highest BCUT2D eigenvalue weighted by molar-refractivity contribution is 6.31. The van der Waals surface area contributed by atoms with Gasteiger partial charge in [-0.3, -0.25) is 14.2 Å². The van der Waals surface area contributed by atoms with Crippen molar-refractivity contribution in [2.24, 2.45) is 0 Å². The number of aromatic nitrogens is 3. The number of halogens is 1. The van der Waals surface area contributed by atoms with E-state index in [1.807, 2.05) is 30.5 Å². The summed E-state index contributed by atoms with van der Waals surface area (Å²) in [7, 11) is 0. The van der Waals surface area contributed by atoms with Crippen molar-refractivity contribution in [1.82, 2.24) is 19.9 Å². The first-order chi connectivity index (χ1) is 13.1. The van der Waals surface area contributed by atoms with E-state index in [0.29, 0.717) is 28.2 Å². The first-order valence-electron chi connectivity index (χ1n) is 8.65. The number of aromatic amines is 1. The number of hydrogen-bond acceptors (Lipinski definition) is 3. The molecule has 5 rings (SSSR count). The van der Waals surface area contributed by atoms with Crippen LogP contribution in [0, 0.1) is 0 Å². The van der Waals surface area contributed by atoms with Gasteiger partial charge in [-0.1, -0.05) is 29.8 Å². The second kappa shape index (κ2) is 5.96. The van der Waals surface area contributed by atoms with E-state index in [0.717, 1.165) is 16.5 Å². The van der Waals surface area contributed by atoms with Crippen LogP contribution in [-0.2, 0) is 17.8 Å². The molecule has 1 amide bonds. The van der Waals surface area contributed by atoms with Gasteiger partial charge < -0.3 is 10.3 Å². The molecule has 3 heterocycles. The van der Waals surface area contributed by atoms with E-state index in [1.165, 1.54) is 4.57 Å². The average Bonchev–Trinajstić information content (AvgIpc) is 3.08. The number of nitrogens with zero attached hydrogens (tertiary/aromatic N) is 2. The Labute approximate surface area is 158 Å². The van der Waals surface area contributed by atoms with Crippen LogP contribution in [0.1, 0.15) is 17.4 Å². The second-order valence-corrected chi connectivity index (χ2v) is 7.10. The Hall–Kier alpha value is -3.12. The van der Waals surface area contributed by atoms with Crippen molar-refractivity contribution >= 4 is 39.3 Å². The van der Waals surface area contributed by atoms with Crippen LogP contribution in [0.5, 0.6) is 0 Å². The van der Waals surface area contributed by atoms with Gasteiger partial charge in [0, 0.05) is 28.5 Å². The lowest BCUT2D eigenvalue weighted by atomic mass is 10.0. The number of hydrogen-bond donors (Lipinski definition) is 2. The predicted octanol–water partition coefficient (Wildman–Crippen LogP) is 2.94. The molecule has 1 unspecified atom stereocenters. The molecule has 1 aliphatic heterocycles. The van der Waals surface area contributed by atoms with Gasteiger partial charge >= 0.3 is 0 Å². The van der Waals surface area contributed by atoms with E-state index in [2.05, 4.69) is 15.3 Å². The molecule has 0 fully saturated rings. The second-order valence-electron chi connectivity index (χ2n) is 6.66. The number of rotatable bonds is 2. The Morgan fingerprint density at radius 2 is 2.00 bits per heavy atom. The van der Waals surface area contributed by atoms with Crippen molar-refractivity contribution in [2.75, 3.05) is 0 Å². The number of fused-ring (bicyclic) bond motifs is 3. The number of para-hydroxylation sites is 1. The first-order valence-corrected chi connectivity index (χ1v) is 9.03. The van der Waals surface area contributed by atoms with E-state index < -0.39 is 6.04 Å². The molecule has 2 aromatic heterocycles. The molecule has 134 valence electrons. The van der Waals surface area contributed by atoms with Crippen LogP contribution in [-0.4, -0.2) is 20.4 Å². The Morgan fingerprint density at radius 1 is 1.15 bits per heavy atom. The smallest absolute Gasteiger partial charge is 0.262 e. The van der Waals surface area contributed by atoms with Crippen molar-refractivity contribution in [1.29, 1.82) is 0 Å². The molecule has 2 N–H and O–H groups in total. The average molecular weight is 379 g/mol. The highest BCUT2D eigenvalue weighted by atomic mass is 35.5. The Kier molecular flexibility index (Phi) is 3.55. The van der Waals surface area contributed by atoms with E-state index in [4.69, 9.17) is 11.6 Å². The minimum atomic E-state index is -0.656. The number of nitrogens with one attached hydrogen (secondary N) is 2. The maximum Gasteiger partial charge on any atom is 0.262 e. The molecule has 0 bridgehead atoms. The van der Waals surface area contributed by atoms with Gasteiger partial charge in [0.1, 0.15) is 11.9 Å². The van der Waals surface area contributed by atoms with E-state index >= 15 is 0 Å². The minimum absolute atomic E-state index is 0.182. The number of benzene rings is 2. The molecular formula is C20H15ClN4O2. The van der Waals surface area contributed by atoms with E-state index in [-0.39, 0.29) is 18.0 Å². The zero-order valence-electron chi connectivity index (χ0n) is 14.2. The lowest BCUT2D eigenvalue weighted by Crippen LogP contribution is -2.45. The van der Waals surface area contributed by atoms with E-state index in [9.17, 15) is 9.59 Å². The first kappa shape index (κ1) is 16.1. The summed E-state index contributed by atoms with van der Waals surface area (Å²) in [5.41, 5.74) is 2.33. The van der Waals surface area contributed by atoms with Gasteiger partial charge in [0.25, 0.3) is 5.56 Å². The molecule has 27 heavy (non-hydrogen) atoms. The van der Waals surface area contributed by atoms with Gasteiger partial charge in [0.2, 0.25) is 5.91 Å². The van der Waals surface area contributed by atoms with Gasteiger partial charge in [-0.05, 0) is 29.8 Å². The molecular weight excluding hydrogens is 364 g/mol. The predicted molar refractivity (Wildman–Crippen MR) is 104 cm³/mol. The Bertz CT molecular complexity index is 1270. The van der Waals surface area contributed by atoms with Crippen molar-refractivity contribution in [3.05, 3.63) is 75.4 Å². The quantitative estimate of drug-likeness (QED) is 0.562. The number of amides is 1. The monoisotopic (exact) mass is 378 g/mol. The molecule has 0 spiro atoms. The molecule has 0 radical (unpaired) electrons. The number of carbonyl (C=O) groups is 1. The zero-order valence-corrected chi connectivity index (χ0v) is 15.0. The van der Waals surface area contributed by atoms with Gasteiger partial charge in [-0.25, -0.2) is 4.98 Å². The summed E-state index contributed by atoms with van der Waals surface area (Å²) in [6.45, 7) is 0.233. The van der Waals surface area contributed by atoms with Gasteiger partial charge in [0.05, 0.1) is 17.4 Å². The van der Waals surface area contributed by atoms with Crippen molar-refractivity contribution in [3.8, 4) is 0 Å². The summed E-state index contributed by atoms with van der Waals surface area (Å²) in [6.07, 6.45) is 2.29. The van der Waals surface area contributed by atoms with Gasteiger partial charge in [-0.2, -0.15) is 0 Å². The van der Waals surface area contributed by atoms with Crippen LogP contribution >= 0.6 is 11.6 Å². The molecule has 7 heteroatoms. The summed E-state index contributed by atoms with van der Waals surface area (Å²) in [4.78, 5) is 33.6. The van der Waals surface area contributed by atoms with Crippen LogP contribution < -0.4 is 10.9 Å².